The third-order valence-electron chi connectivity index (χ3n) is 3.90. The molecule has 2 aromatic carbocycles. The maximum Gasteiger partial charge on any atom is 0.307 e. The number of amides is 2. The number of hydrogen-bond acceptors (Lipinski definition) is 4. The van der Waals surface area contributed by atoms with Crippen molar-refractivity contribution in [2.75, 3.05) is 5.32 Å². The number of benzene rings is 2. The quantitative estimate of drug-likeness (QED) is 0.319. The number of nitrogens with one attached hydrogen (secondary N) is 2. The molecular weight excluding hydrogens is 434 g/mol. The molecule has 29 heavy (non-hydrogen) atoms. The zero-order valence-corrected chi connectivity index (χ0v) is 17.1. The number of halogens is 1. The predicted molar refractivity (Wildman–Crippen MR) is 117 cm³/mol. The van der Waals surface area contributed by atoms with Crippen molar-refractivity contribution in [2.45, 2.75) is 6.92 Å². The number of hydrazone groups is 1. The van der Waals surface area contributed by atoms with Crippen molar-refractivity contribution in [1.82, 2.24) is 5.43 Å². The first-order valence-electron chi connectivity index (χ1n) is 8.76. The van der Waals surface area contributed by atoms with Crippen molar-refractivity contribution >= 4 is 45.2 Å². The van der Waals surface area contributed by atoms with Gasteiger partial charge < -0.3 is 9.73 Å². The maximum atomic E-state index is 12.1. The van der Waals surface area contributed by atoms with Crippen LogP contribution in [-0.4, -0.2) is 17.5 Å². The molecule has 0 unspecified atom stereocenters. The maximum absolute atomic E-state index is 12.1. The zero-order chi connectivity index (χ0) is 20.6. The van der Waals surface area contributed by atoms with Crippen molar-refractivity contribution in [2.24, 2.45) is 5.10 Å². The highest BCUT2D eigenvalue weighted by Gasteiger charge is 2.10. The summed E-state index contributed by atoms with van der Waals surface area (Å²) >= 11 is 3.15. The molecule has 0 saturated heterocycles. The Hall–Kier alpha value is -3.45. The standard InChI is InChI=1S/C22H18BrN3O3/c1-15(25-26-22(28)19-11-12-20(23)29-19)17-8-5-9-18(14-17)24-21(27)13-10-16-6-3-2-4-7-16/h2-14H,1H3,(H,24,27)(H,26,28)/b13-10+,25-15+. The summed E-state index contributed by atoms with van der Waals surface area (Å²) in [6, 6.07) is 19.9. The van der Waals surface area contributed by atoms with E-state index in [1.54, 1.807) is 43.3 Å². The summed E-state index contributed by atoms with van der Waals surface area (Å²) < 4.78 is 5.65. The minimum absolute atomic E-state index is 0.152. The summed E-state index contributed by atoms with van der Waals surface area (Å²) in [7, 11) is 0. The van der Waals surface area contributed by atoms with Gasteiger partial charge in [-0.15, -0.1) is 0 Å². The lowest BCUT2D eigenvalue weighted by molar-refractivity contribution is -0.111. The van der Waals surface area contributed by atoms with E-state index in [2.05, 4.69) is 31.8 Å². The Morgan fingerprint density at radius 2 is 1.83 bits per heavy atom. The molecule has 0 fully saturated rings. The third kappa shape index (κ3) is 6.02. The number of rotatable bonds is 6. The lowest BCUT2D eigenvalue weighted by atomic mass is 10.1. The fourth-order valence-corrected chi connectivity index (χ4v) is 2.74. The van der Waals surface area contributed by atoms with Gasteiger partial charge in [-0.1, -0.05) is 42.5 Å². The molecule has 6 nitrogen and oxygen atoms in total. The van der Waals surface area contributed by atoms with Crippen LogP contribution in [0.4, 0.5) is 5.69 Å². The Balaban J connectivity index is 1.63. The molecule has 3 aromatic rings. The molecular formula is C22H18BrN3O3. The highest BCUT2D eigenvalue weighted by Crippen LogP contribution is 2.14. The summed E-state index contributed by atoms with van der Waals surface area (Å²) in [6.07, 6.45) is 3.22. The van der Waals surface area contributed by atoms with Crippen LogP contribution in [0.1, 0.15) is 28.6 Å². The molecule has 0 aliphatic carbocycles. The normalized spacial score (nSPS) is 11.4. The van der Waals surface area contributed by atoms with Crippen molar-refractivity contribution in [3.05, 3.63) is 94.4 Å². The fraction of sp³-hybridized carbons (Fsp3) is 0.0455. The lowest BCUT2D eigenvalue weighted by Gasteiger charge is -2.06. The molecule has 0 spiro atoms. The van der Waals surface area contributed by atoms with E-state index in [-0.39, 0.29) is 11.7 Å². The van der Waals surface area contributed by atoms with E-state index in [4.69, 9.17) is 4.42 Å². The Morgan fingerprint density at radius 1 is 1.03 bits per heavy atom. The second-order valence-corrected chi connectivity index (χ2v) is 6.84. The SMILES string of the molecule is C/C(=N\NC(=O)c1ccc(Br)o1)c1cccc(NC(=O)/C=C/c2ccccc2)c1. The van der Waals surface area contributed by atoms with Gasteiger partial charge in [0.2, 0.25) is 5.91 Å². The van der Waals surface area contributed by atoms with Gasteiger partial charge in [-0.25, -0.2) is 5.43 Å². The first-order chi connectivity index (χ1) is 14.0. The van der Waals surface area contributed by atoms with Gasteiger partial charge >= 0.3 is 5.91 Å². The molecule has 0 saturated carbocycles. The third-order valence-corrected chi connectivity index (χ3v) is 4.32. The van der Waals surface area contributed by atoms with Crippen LogP contribution in [0.2, 0.25) is 0 Å². The number of furan rings is 1. The van der Waals surface area contributed by atoms with E-state index >= 15 is 0 Å². The molecule has 0 aliphatic heterocycles. The summed E-state index contributed by atoms with van der Waals surface area (Å²) in [4.78, 5) is 24.1. The highest BCUT2D eigenvalue weighted by molar-refractivity contribution is 9.10. The summed E-state index contributed by atoms with van der Waals surface area (Å²) in [5.74, 6) is -0.539. The first kappa shape index (κ1) is 20.3. The largest absolute Gasteiger partial charge is 0.444 e. The van der Waals surface area contributed by atoms with Crippen LogP contribution >= 0.6 is 15.9 Å². The number of anilines is 1. The minimum Gasteiger partial charge on any atom is -0.444 e. The monoisotopic (exact) mass is 451 g/mol. The first-order valence-corrected chi connectivity index (χ1v) is 9.55. The van der Waals surface area contributed by atoms with E-state index in [0.717, 1.165) is 11.1 Å². The van der Waals surface area contributed by atoms with E-state index < -0.39 is 5.91 Å². The molecule has 1 heterocycles. The smallest absolute Gasteiger partial charge is 0.307 e. The van der Waals surface area contributed by atoms with Crippen LogP contribution < -0.4 is 10.7 Å². The van der Waals surface area contributed by atoms with Gasteiger partial charge in [0.15, 0.2) is 10.4 Å². The highest BCUT2D eigenvalue weighted by atomic mass is 79.9. The molecule has 1 aromatic heterocycles. The van der Waals surface area contributed by atoms with Crippen molar-refractivity contribution in [3.63, 3.8) is 0 Å². The topological polar surface area (TPSA) is 83.7 Å². The Kier molecular flexibility index (Phi) is 6.76. The molecule has 0 bridgehead atoms. The minimum atomic E-state index is -0.453. The molecule has 0 aliphatic rings. The van der Waals surface area contributed by atoms with E-state index in [9.17, 15) is 9.59 Å². The Bertz CT molecular complexity index is 1070. The molecule has 2 amide bonds. The Labute approximate surface area is 176 Å². The predicted octanol–water partition coefficient (Wildman–Crippen LogP) is 4.85. The van der Waals surface area contributed by atoms with Gasteiger partial charge in [0.25, 0.3) is 0 Å². The van der Waals surface area contributed by atoms with Crippen LogP contribution in [0.3, 0.4) is 0 Å². The second-order valence-electron chi connectivity index (χ2n) is 6.06. The van der Waals surface area contributed by atoms with E-state index in [0.29, 0.717) is 16.1 Å². The fourth-order valence-electron chi connectivity index (χ4n) is 2.43. The average molecular weight is 452 g/mol. The van der Waals surface area contributed by atoms with Crippen molar-refractivity contribution in [3.8, 4) is 0 Å². The van der Waals surface area contributed by atoms with Crippen LogP contribution in [0.25, 0.3) is 6.08 Å². The van der Waals surface area contributed by atoms with E-state index in [1.165, 1.54) is 6.08 Å². The van der Waals surface area contributed by atoms with Gasteiger partial charge in [0.1, 0.15) is 0 Å². The summed E-state index contributed by atoms with van der Waals surface area (Å²) in [6.45, 7) is 1.76. The zero-order valence-electron chi connectivity index (χ0n) is 15.6. The van der Waals surface area contributed by atoms with Gasteiger partial charge in [0, 0.05) is 11.8 Å². The van der Waals surface area contributed by atoms with E-state index in [1.807, 2.05) is 36.4 Å². The van der Waals surface area contributed by atoms with Gasteiger partial charge in [-0.05, 0) is 64.3 Å². The van der Waals surface area contributed by atoms with Crippen molar-refractivity contribution in [1.29, 1.82) is 0 Å². The number of nitrogens with zero attached hydrogens (tertiary/aromatic N) is 1. The van der Waals surface area contributed by atoms with Gasteiger partial charge in [-0.3, -0.25) is 9.59 Å². The number of carbonyl (C=O) groups is 2. The van der Waals surface area contributed by atoms with Crippen LogP contribution in [0.5, 0.6) is 0 Å². The Morgan fingerprint density at radius 3 is 2.55 bits per heavy atom. The van der Waals surface area contributed by atoms with Crippen LogP contribution in [0.15, 0.2) is 87.0 Å². The van der Waals surface area contributed by atoms with Crippen molar-refractivity contribution < 1.29 is 14.0 Å². The average Bonchev–Trinajstić information content (AvgIpc) is 3.17. The summed E-state index contributed by atoms with van der Waals surface area (Å²) in [5, 5.41) is 6.90. The lowest BCUT2D eigenvalue weighted by Crippen LogP contribution is -2.18. The molecule has 7 heteroatoms. The molecule has 0 radical (unpaired) electrons. The number of hydrogen-bond donors (Lipinski definition) is 2. The van der Waals surface area contributed by atoms with Crippen LogP contribution in [-0.2, 0) is 4.79 Å². The van der Waals surface area contributed by atoms with Gasteiger partial charge in [0.05, 0.1) is 5.71 Å². The van der Waals surface area contributed by atoms with Gasteiger partial charge in [-0.2, -0.15) is 5.10 Å². The molecule has 3 rings (SSSR count). The second kappa shape index (κ2) is 9.66. The summed E-state index contributed by atoms with van der Waals surface area (Å²) in [5.41, 5.74) is 5.36. The molecule has 2 N–H and O–H groups in total. The molecule has 0 atom stereocenters. The number of carbonyl (C=O) groups excluding carboxylic acids is 2. The van der Waals surface area contributed by atoms with Crippen LogP contribution in [0, 0.1) is 0 Å². The molecule has 146 valence electrons.